The van der Waals surface area contributed by atoms with Crippen LogP contribution in [0, 0.1) is 6.92 Å². The minimum atomic E-state index is -0.429. The molecule has 1 heterocycles. The van der Waals surface area contributed by atoms with Gasteiger partial charge in [0.1, 0.15) is 16.7 Å². The van der Waals surface area contributed by atoms with E-state index in [1.807, 2.05) is 31.2 Å². The molecule has 0 saturated heterocycles. The summed E-state index contributed by atoms with van der Waals surface area (Å²) in [6, 6.07) is 10.0. The van der Waals surface area contributed by atoms with E-state index in [4.69, 9.17) is 9.15 Å². The Labute approximate surface area is 126 Å². The molecule has 0 aliphatic heterocycles. The molecular formula is C17H14O5. The number of rotatable bonds is 2. The van der Waals surface area contributed by atoms with E-state index in [0.717, 1.165) is 11.1 Å². The highest BCUT2D eigenvalue weighted by Crippen LogP contribution is 2.41. The number of hydrogen-bond acceptors (Lipinski definition) is 5. The normalized spacial score (nSPS) is 10.8. The third-order valence-corrected chi connectivity index (χ3v) is 3.47. The summed E-state index contributed by atoms with van der Waals surface area (Å²) in [4.78, 5) is 12.3. The average Bonchev–Trinajstić information content (AvgIpc) is 2.47. The third kappa shape index (κ3) is 2.16. The number of benzene rings is 2. The van der Waals surface area contributed by atoms with Crippen LogP contribution in [0.5, 0.6) is 17.2 Å². The van der Waals surface area contributed by atoms with E-state index >= 15 is 0 Å². The molecule has 112 valence electrons. The van der Waals surface area contributed by atoms with Gasteiger partial charge in [0.15, 0.2) is 16.9 Å². The summed E-state index contributed by atoms with van der Waals surface area (Å²) in [7, 11) is 1.29. The fraction of sp³-hybridized carbons (Fsp3) is 0.118. The van der Waals surface area contributed by atoms with Gasteiger partial charge in [-0.05, 0) is 6.92 Å². The van der Waals surface area contributed by atoms with E-state index < -0.39 is 11.2 Å². The molecular weight excluding hydrogens is 284 g/mol. The van der Waals surface area contributed by atoms with E-state index in [1.54, 1.807) is 0 Å². The maximum absolute atomic E-state index is 12.3. The molecule has 22 heavy (non-hydrogen) atoms. The van der Waals surface area contributed by atoms with Crippen LogP contribution >= 0.6 is 0 Å². The highest BCUT2D eigenvalue weighted by molar-refractivity contribution is 5.89. The third-order valence-electron chi connectivity index (χ3n) is 3.47. The van der Waals surface area contributed by atoms with Crippen molar-refractivity contribution in [3.8, 4) is 28.6 Å². The molecule has 0 saturated carbocycles. The molecule has 5 heteroatoms. The summed E-state index contributed by atoms with van der Waals surface area (Å²) in [5, 5.41) is 19.9. The maximum Gasteiger partial charge on any atom is 0.203 e. The largest absolute Gasteiger partial charge is 0.504 e. The Kier molecular flexibility index (Phi) is 3.25. The van der Waals surface area contributed by atoms with Gasteiger partial charge in [-0.25, -0.2) is 0 Å². The summed E-state index contributed by atoms with van der Waals surface area (Å²) in [5.41, 5.74) is 1.51. The predicted molar refractivity (Wildman–Crippen MR) is 82.5 cm³/mol. The minimum Gasteiger partial charge on any atom is -0.504 e. The molecule has 1 aromatic heterocycles. The Hall–Kier alpha value is -2.95. The van der Waals surface area contributed by atoms with Crippen molar-refractivity contribution < 1.29 is 19.4 Å². The lowest BCUT2D eigenvalue weighted by Crippen LogP contribution is -2.01. The monoisotopic (exact) mass is 298 g/mol. The Balaban J connectivity index is 2.29. The number of aryl methyl sites for hydroxylation is 1. The fourth-order valence-electron chi connectivity index (χ4n) is 2.33. The van der Waals surface area contributed by atoms with Crippen LogP contribution in [-0.4, -0.2) is 17.3 Å². The zero-order valence-corrected chi connectivity index (χ0v) is 12.1. The van der Waals surface area contributed by atoms with E-state index in [1.165, 1.54) is 19.2 Å². The van der Waals surface area contributed by atoms with Crippen LogP contribution in [0.25, 0.3) is 22.3 Å². The lowest BCUT2D eigenvalue weighted by atomic mass is 10.1. The minimum absolute atomic E-state index is 0.0227. The van der Waals surface area contributed by atoms with Gasteiger partial charge in [0.2, 0.25) is 5.75 Å². The Bertz CT molecular complexity index is 907. The van der Waals surface area contributed by atoms with Crippen LogP contribution in [0.15, 0.2) is 45.6 Å². The van der Waals surface area contributed by atoms with Crippen molar-refractivity contribution in [1.29, 1.82) is 0 Å². The number of phenols is 2. The molecule has 0 radical (unpaired) electrons. The summed E-state index contributed by atoms with van der Waals surface area (Å²) in [6.45, 7) is 1.96. The van der Waals surface area contributed by atoms with Gasteiger partial charge in [0, 0.05) is 17.7 Å². The summed E-state index contributed by atoms with van der Waals surface area (Å²) in [5.74, 6) is -0.511. The summed E-state index contributed by atoms with van der Waals surface area (Å²) >= 11 is 0. The molecule has 5 nitrogen and oxygen atoms in total. The molecule has 0 atom stereocenters. The maximum atomic E-state index is 12.3. The highest BCUT2D eigenvalue weighted by Gasteiger charge is 2.18. The zero-order chi connectivity index (χ0) is 15.9. The second kappa shape index (κ2) is 5.11. The molecule has 0 aliphatic rings. The van der Waals surface area contributed by atoms with E-state index in [-0.39, 0.29) is 22.5 Å². The van der Waals surface area contributed by atoms with E-state index in [9.17, 15) is 15.0 Å². The van der Waals surface area contributed by atoms with Crippen LogP contribution in [0.4, 0.5) is 0 Å². The predicted octanol–water partition coefficient (Wildman–Crippen LogP) is 3.19. The lowest BCUT2D eigenvalue weighted by Gasteiger charge is -2.09. The molecule has 0 fully saturated rings. The van der Waals surface area contributed by atoms with Crippen LogP contribution in [-0.2, 0) is 0 Å². The second-order valence-electron chi connectivity index (χ2n) is 4.99. The van der Waals surface area contributed by atoms with Crippen LogP contribution in [0.3, 0.4) is 0 Å². The van der Waals surface area contributed by atoms with Crippen molar-refractivity contribution in [1.82, 2.24) is 0 Å². The van der Waals surface area contributed by atoms with E-state index in [0.29, 0.717) is 5.76 Å². The van der Waals surface area contributed by atoms with Gasteiger partial charge in [-0.3, -0.25) is 4.79 Å². The van der Waals surface area contributed by atoms with Gasteiger partial charge in [-0.2, -0.15) is 0 Å². The van der Waals surface area contributed by atoms with Crippen LogP contribution < -0.4 is 10.2 Å². The fourth-order valence-corrected chi connectivity index (χ4v) is 2.33. The van der Waals surface area contributed by atoms with Gasteiger partial charge >= 0.3 is 0 Å². The SMILES string of the molecule is COc1c(O)cc2oc(-c3ccc(C)cc3)cc(=O)c2c1O. The van der Waals surface area contributed by atoms with Crippen molar-refractivity contribution in [2.75, 3.05) is 7.11 Å². The number of hydrogen-bond donors (Lipinski definition) is 2. The number of aromatic hydroxyl groups is 2. The van der Waals surface area contributed by atoms with Gasteiger partial charge in [-0.1, -0.05) is 29.8 Å². The summed E-state index contributed by atoms with van der Waals surface area (Å²) in [6.07, 6.45) is 0. The first-order valence-corrected chi connectivity index (χ1v) is 6.65. The quantitative estimate of drug-likeness (QED) is 0.759. The van der Waals surface area contributed by atoms with Crippen molar-refractivity contribution in [3.05, 3.63) is 52.2 Å². The first-order valence-electron chi connectivity index (χ1n) is 6.65. The lowest BCUT2D eigenvalue weighted by molar-refractivity contribution is 0.346. The smallest absolute Gasteiger partial charge is 0.203 e. The van der Waals surface area contributed by atoms with Crippen molar-refractivity contribution in [2.24, 2.45) is 0 Å². The van der Waals surface area contributed by atoms with Crippen molar-refractivity contribution >= 4 is 11.0 Å². The van der Waals surface area contributed by atoms with Gasteiger partial charge < -0.3 is 19.4 Å². The first-order chi connectivity index (χ1) is 10.5. The molecule has 3 rings (SSSR count). The van der Waals surface area contributed by atoms with Crippen LogP contribution in [0.1, 0.15) is 5.56 Å². The number of ether oxygens (including phenoxy) is 1. The number of phenolic OH excluding ortho intramolecular Hbond substituents is 2. The Morgan fingerprint density at radius 3 is 2.41 bits per heavy atom. The summed E-state index contributed by atoms with van der Waals surface area (Å²) < 4.78 is 10.5. The molecule has 2 N–H and O–H groups in total. The molecule has 0 unspecified atom stereocenters. The molecule has 0 spiro atoms. The number of methoxy groups -OCH3 is 1. The molecule has 0 aliphatic carbocycles. The van der Waals surface area contributed by atoms with E-state index in [2.05, 4.69) is 0 Å². The molecule has 0 amide bonds. The topological polar surface area (TPSA) is 79.9 Å². The Morgan fingerprint density at radius 2 is 1.77 bits per heavy atom. The average molecular weight is 298 g/mol. The Morgan fingerprint density at radius 1 is 1.09 bits per heavy atom. The number of fused-ring (bicyclic) bond motifs is 1. The first kappa shape index (κ1) is 14.0. The van der Waals surface area contributed by atoms with Gasteiger partial charge in [0.25, 0.3) is 0 Å². The zero-order valence-electron chi connectivity index (χ0n) is 12.1. The molecule has 3 aromatic rings. The standard InChI is InChI=1S/C17H14O5/c1-9-3-5-10(6-4-9)13-7-11(18)15-14(22-13)8-12(19)17(21-2)16(15)20/h3-8,19-20H,1-2H3. The second-order valence-corrected chi connectivity index (χ2v) is 4.99. The van der Waals surface area contributed by atoms with Crippen molar-refractivity contribution in [2.45, 2.75) is 6.92 Å². The highest BCUT2D eigenvalue weighted by atomic mass is 16.5. The molecule has 2 aromatic carbocycles. The van der Waals surface area contributed by atoms with Gasteiger partial charge in [-0.15, -0.1) is 0 Å². The van der Waals surface area contributed by atoms with Gasteiger partial charge in [0.05, 0.1) is 7.11 Å². The van der Waals surface area contributed by atoms with Crippen molar-refractivity contribution in [3.63, 3.8) is 0 Å². The molecule has 0 bridgehead atoms. The van der Waals surface area contributed by atoms with Crippen LogP contribution in [0.2, 0.25) is 0 Å².